The van der Waals surface area contributed by atoms with Crippen LogP contribution in [0, 0.1) is 21.7 Å². The van der Waals surface area contributed by atoms with Crippen LogP contribution in [-0.4, -0.2) is 4.92 Å². The van der Waals surface area contributed by atoms with Gasteiger partial charge in [-0.2, -0.15) is 0 Å². The van der Waals surface area contributed by atoms with Gasteiger partial charge < -0.3 is 5.32 Å². The van der Waals surface area contributed by atoms with E-state index in [-0.39, 0.29) is 16.3 Å². The molecule has 1 unspecified atom stereocenters. The van der Waals surface area contributed by atoms with Crippen LogP contribution in [0.4, 0.5) is 20.2 Å². The number of halogens is 3. The monoisotopic (exact) mass is 312 g/mol. The lowest BCUT2D eigenvalue weighted by Crippen LogP contribution is -2.11. The molecule has 0 aliphatic heterocycles. The van der Waals surface area contributed by atoms with Crippen LogP contribution >= 0.6 is 11.6 Å². The molecule has 1 N–H and O–H groups in total. The molecule has 0 aliphatic rings. The van der Waals surface area contributed by atoms with Crippen molar-refractivity contribution in [1.82, 2.24) is 0 Å². The zero-order chi connectivity index (χ0) is 15.6. The van der Waals surface area contributed by atoms with Crippen LogP contribution in [0.1, 0.15) is 18.5 Å². The zero-order valence-electron chi connectivity index (χ0n) is 10.9. The van der Waals surface area contributed by atoms with Gasteiger partial charge in [0.15, 0.2) is 0 Å². The first-order chi connectivity index (χ1) is 9.90. The number of nitrogens with zero attached hydrogens (tertiary/aromatic N) is 1. The molecule has 2 aromatic carbocycles. The number of nitrogens with one attached hydrogen (secondary N) is 1. The number of hydrogen-bond donors (Lipinski definition) is 1. The predicted molar refractivity (Wildman–Crippen MR) is 76.5 cm³/mol. The summed E-state index contributed by atoms with van der Waals surface area (Å²) in [7, 11) is 0. The van der Waals surface area contributed by atoms with E-state index in [0.29, 0.717) is 5.69 Å². The summed E-state index contributed by atoms with van der Waals surface area (Å²) in [5.74, 6) is -1.36. The largest absolute Gasteiger partial charge is 0.378 e. The Balaban J connectivity index is 2.30. The summed E-state index contributed by atoms with van der Waals surface area (Å²) >= 11 is 5.71. The third-order valence-electron chi connectivity index (χ3n) is 2.96. The van der Waals surface area contributed by atoms with Crippen molar-refractivity contribution in [2.45, 2.75) is 13.0 Å². The molecule has 0 heterocycles. The second kappa shape index (κ2) is 6.05. The lowest BCUT2D eigenvalue weighted by molar-refractivity contribution is -0.384. The van der Waals surface area contributed by atoms with Gasteiger partial charge in [0.25, 0.3) is 5.69 Å². The molecule has 110 valence electrons. The van der Waals surface area contributed by atoms with Crippen molar-refractivity contribution in [2.24, 2.45) is 0 Å². The van der Waals surface area contributed by atoms with Crippen molar-refractivity contribution in [1.29, 1.82) is 0 Å². The molecule has 0 saturated heterocycles. The molecule has 0 saturated carbocycles. The van der Waals surface area contributed by atoms with Crippen LogP contribution in [0.2, 0.25) is 5.02 Å². The summed E-state index contributed by atoms with van der Waals surface area (Å²) in [6.45, 7) is 1.56. The van der Waals surface area contributed by atoms with Gasteiger partial charge in [0.2, 0.25) is 0 Å². The first-order valence-electron chi connectivity index (χ1n) is 6.04. The SMILES string of the molecule is CC(Nc1ccc(Cl)c([N+](=O)[O-])c1)c1c(F)cccc1F. The molecule has 0 bridgehead atoms. The van der Waals surface area contributed by atoms with E-state index in [0.717, 1.165) is 12.1 Å². The molecule has 0 fully saturated rings. The molecule has 1 atom stereocenters. The molecule has 7 heteroatoms. The Kier molecular flexibility index (Phi) is 4.37. The lowest BCUT2D eigenvalue weighted by Gasteiger charge is -2.17. The topological polar surface area (TPSA) is 55.2 Å². The van der Waals surface area contributed by atoms with Gasteiger partial charge in [-0.25, -0.2) is 8.78 Å². The molecular formula is C14H11ClF2N2O2. The second-order valence-electron chi connectivity index (χ2n) is 4.42. The second-order valence-corrected chi connectivity index (χ2v) is 4.83. The van der Waals surface area contributed by atoms with Gasteiger partial charge in [0, 0.05) is 17.3 Å². The number of nitro benzene ring substituents is 1. The van der Waals surface area contributed by atoms with E-state index in [1.165, 1.54) is 24.3 Å². The fraction of sp³-hybridized carbons (Fsp3) is 0.143. The third-order valence-corrected chi connectivity index (χ3v) is 3.28. The molecule has 2 aromatic rings. The van der Waals surface area contributed by atoms with Crippen molar-refractivity contribution in [3.63, 3.8) is 0 Å². The molecule has 0 aliphatic carbocycles. The van der Waals surface area contributed by atoms with Crippen molar-refractivity contribution in [3.05, 3.63) is 68.7 Å². The third kappa shape index (κ3) is 3.28. The Hall–Kier alpha value is -2.21. The Labute approximate surface area is 124 Å². The van der Waals surface area contributed by atoms with Gasteiger partial charge in [-0.3, -0.25) is 10.1 Å². The maximum atomic E-state index is 13.7. The molecule has 0 spiro atoms. The quantitative estimate of drug-likeness (QED) is 0.657. The van der Waals surface area contributed by atoms with Crippen molar-refractivity contribution in [3.8, 4) is 0 Å². The predicted octanol–water partition coefficient (Wildman–Crippen LogP) is 4.70. The van der Waals surface area contributed by atoms with E-state index in [9.17, 15) is 18.9 Å². The highest BCUT2D eigenvalue weighted by Gasteiger charge is 2.18. The highest BCUT2D eigenvalue weighted by Crippen LogP contribution is 2.30. The Morgan fingerprint density at radius 2 is 1.86 bits per heavy atom. The highest BCUT2D eigenvalue weighted by molar-refractivity contribution is 6.32. The van der Waals surface area contributed by atoms with Gasteiger partial charge in [-0.05, 0) is 31.2 Å². The zero-order valence-corrected chi connectivity index (χ0v) is 11.7. The van der Waals surface area contributed by atoms with Gasteiger partial charge in [-0.1, -0.05) is 17.7 Å². The van der Waals surface area contributed by atoms with Crippen molar-refractivity contribution >= 4 is 23.0 Å². The van der Waals surface area contributed by atoms with E-state index in [4.69, 9.17) is 11.6 Å². The summed E-state index contributed by atoms with van der Waals surface area (Å²) < 4.78 is 27.3. The molecule has 4 nitrogen and oxygen atoms in total. The Bertz CT molecular complexity index is 674. The summed E-state index contributed by atoms with van der Waals surface area (Å²) in [5.41, 5.74) is -0.0563. The normalized spacial score (nSPS) is 12.0. The van der Waals surface area contributed by atoms with Gasteiger partial charge in [0.1, 0.15) is 16.7 Å². The number of nitro groups is 1. The number of benzene rings is 2. The maximum Gasteiger partial charge on any atom is 0.289 e. The highest BCUT2D eigenvalue weighted by atomic mass is 35.5. The standard InChI is InChI=1S/C14H11ClF2N2O2/c1-8(14-11(16)3-2-4-12(14)17)18-9-5-6-10(15)13(7-9)19(20)21/h2-8,18H,1H3. The maximum absolute atomic E-state index is 13.7. The Morgan fingerprint density at radius 1 is 1.24 bits per heavy atom. The molecular weight excluding hydrogens is 302 g/mol. The smallest absolute Gasteiger partial charge is 0.289 e. The van der Waals surface area contributed by atoms with Crippen LogP contribution in [0.25, 0.3) is 0 Å². The van der Waals surface area contributed by atoms with Crippen LogP contribution < -0.4 is 5.32 Å². The van der Waals surface area contributed by atoms with E-state index < -0.39 is 22.6 Å². The van der Waals surface area contributed by atoms with Crippen molar-refractivity contribution < 1.29 is 13.7 Å². The van der Waals surface area contributed by atoms with E-state index in [1.807, 2.05) is 0 Å². The molecule has 21 heavy (non-hydrogen) atoms. The first kappa shape index (κ1) is 15.2. The van der Waals surface area contributed by atoms with Crippen LogP contribution in [-0.2, 0) is 0 Å². The molecule has 0 aromatic heterocycles. The van der Waals surface area contributed by atoms with Crippen LogP contribution in [0.15, 0.2) is 36.4 Å². The minimum atomic E-state index is -0.702. The fourth-order valence-corrected chi connectivity index (χ4v) is 2.18. The van der Waals surface area contributed by atoms with E-state index in [1.54, 1.807) is 6.92 Å². The van der Waals surface area contributed by atoms with Gasteiger partial charge in [-0.15, -0.1) is 0 Å². The molecule has 0 radical (unpaired) electrons. The first-order valence-corrected chi connectivity index (χ1v) is 6.42. The molecule has 2 rings (SSSR count). The molecule has 0 amide bonds. The lowest BCUT2D eigenvalue weighted by atomic mass is 10.1. The average molecular weight is 313 g/mol. The number of rotatable bonds is 4. The van der Waals surface area contributed by atoms with Crippen LogP contribution in [0.3, 0.4) is 0 Å². The van der Waals surface area contributed by atoms with E-state index >= 15 is 0 Å². The summed E-state index contributed by atoms with van der Waals surface area (Å²) in [4.78, 5) is 10.2. The summed E-state index contributed by atoms with van der Waals surface area (Å²) in [6, 6.07) is 6.96. The summed E-state index contributed by atoms with van der Waals surface area (Å²) in [5, 5.41) is 13.6. The Morgan fingerprint density at radius 3 is 2.43 bits per heavy atom. The number of hydrogen-bond acceptors (Lipinski definition) is 3. The number of anilines is 1. The van der Waals surface area contributed by atoms with Gasteiger partial charge in [0.05, 0.1) is 11.0 Å². The fourth-order valence-electron chi connectivity index (χ4n) is 1.99. The van der Waals surface area contributed by atoms with Crippen molar-refractivity contribution in [2.75, 3.05) is 5.32 Å². The minimum Gasteiger partial charge on any atom is -0.378 e. The van der Waals surface area contributed by atoms with Gasteiger partial charge >= 0.3 is 0 Å². The average Bonchev–Trinajstić information content (AvgIpc) is 2.40. The van der Waals surface area contributed by atoms with E-state index in [2.05, 4.69) is 5.32 Å². The van der Waals surface area contributed by atoms with Crippen LogP contribution in [0.5, 0.6) is 0 Å². The summed E-state index contributed by atoms with van der Waals surface area (Å²) in [6.07, 6.45) is 0. The minimum absolute atomic E-state index is 0.00437.